The molecule has 0 bridgehead atoms. The number of rotatable bonds is 5. The minimum absolute atomic E-state index is 0. The van der Waals surface area contributed by atoms with Gasteiger partial charge in [-0.2, -0.15) is 32.8 Å². The molecule has 9 heteroatoms. The Labute approximate surface area is 160 Å². The molecule has 2 aliphatic rings. The van der Waals surface area contributed by atoms with Gasteiger partial charge in [-0.15, -0.1) is 5.10 Å². The van der Waals surface area contributed by atoms with E-state index in [9.17, 15) is 10.1 Å². The first-order valence-corrected chi connectivity index (χ1v) is 7.71. The topological polar surface area (TPSA) is 105 Å². The van der Waals surface area contributed by atoms with Crippen LogP contribution in [0, 0.1) is 10.1 Å². The van der Waals surface area contributed by atoms with Crippen LogP contribution < -0.4 is 0 Å². The molecule has 1 unspecified atom stereocenters. The normalized spacial score (nSPS) is 21.2. The van der Waals surface area contributed by atoms with Crippen molar-refractivity contribution in [2.24, 2.45) is 25.4 Å². The standard InChI is InChI=1S/C12H11N6O2.C5H5.Fe/c19-18(20)12(13-5-6-14-12)8-11(9-15-17-16-11)7-10-3-1-2-4-10;1-2-4-5-3-1;/h1-6,9H,7-8H2;1-5H;/q-1;-5;. The van der Waals surface area contributed by atoms with E-state index < -0.39 is 16.2 Å². The van der Waals surface area contributed by atoms with E-state index in [2.05, 4.69) is 25.4 Å². The summed E-state index contributed by atoms with van der Waals surface area (Å²) >= 11 is 0. The monoisotopic (exact) mass is 392 g/mol. The Kier molecular flexibility index (Phi) is 6.43. The van der Waals surface area contributed by atoms with Gasteiger partial charge in [0.05, 0.1) is 17.6 Å². The van der Waals surface area contributed by atoms with Gasteiger partial charge >= 0.3 is 5.79 Å². The third kappa shape index (κ3) is 4.44. The summed E-state index contributed by atoms with van der Waals surface area (Å²) in [4.78, 5) is 18.6. The van der Waals surface area contributed by atoms with E-state index in [0.29, 0.717) is 6.42 Å². The van der Waals surface area contributed by atoms with E-state index in [4.69, 9.17) is 0 Å². The molecule has 0 N–H and O–H groups in total. The largest absolute Gasteiger partial charge is 0.748 e. The first-order valence-electron chi connectivity index (χ1n) is 7.71. The average molecular weight is 392 g/mol. The summed E-state index contributed by atoms with van der Waals surface area (Å²) in [6.07, 6.45) is 4.69. The zero-order valence-corrected chi connectivity index (χ0v) is 14.8. The second kappa shape index (κ2) is 8.55. The maximum absolute atomic E-state index is 11.3. The Morgan fingerprint density at radius 2 is 1.62 bits per heavy atom. The zero-order valence-electron chi connectivity index (χ0n) is 13.7. The second-order valence-electron chi connectivity index (χ2n) is 5.73. The molecule has 2 heterocycles. The second-order valence-corrected chi connectivity index (χ2v) is 5.73. The van der Waals surface area contributed by atoms with Crippen LogP contribution in [0.1, 0.15) is 12.0 Å². The van der Waals surface area contributed by atoms with Crippen LogP contribution >= 0.6 is 0 Å². The summed E-state index contributed by atoms with van der Waals surface area (Å²) in [5, 5.41) is 22.8. The van der Waals surface area contributed by atoms with Gasteiger partial charge in [0, 0.05) is 29.5 Å². The zero-order chi connectivity index (χ0) is 17.6. The molecule has 0 saturated carbocycles. The molecule has 2 aliphatic heterocycles. The van der Waals surface area contributed by atoms with E-state index in [0.717, 1.165) is 5.56 Å². The van der Waals surface area contributed by atoms with Crippen LogP contribution in [0.25, 0.3) is 0 Å². The SMILES string of the molecule is O=[N+]([O-])C1(CC2(C[c-]3cccc3)C=NN=N2)N=CC=N1.[Fe].[cH-]1[cH-][cH-][cH-][cH-]1. The van der Waals surface area contributed by atoms with Crippen LogP contribution in [-0.4, -0.2) is 34.9 Å². The van der Waals surface area contributed by atoms with Crippen molar-refractivity contribution >= 4 is 18.6 Å². The minimum Gasteiger partial charge on any atom is -0.748 e. The van der Waals surface area contributed by atoms with Gasteiger partial charge < -0.3 is 30.3 Å². The maximum Gasteiger partial charge on any atom is 0.414 e. The third-order valence-electron chi connectivity index (χ3n) is 3.86. The fourth-order valence-electron chi connectivity index (χ4n) is 2.70. The Morgan fingerprint density at radius 1 is 1.04 bits per heavy atom. The van der Waals surface area contributed by atoms with Gasteiger partial charge in [-0.25, -0.2) is 12.1 Å². The molecule has 26 heavy (non-hydrogen) atoms. The molecule has 0 fully saturated rings. The first-order chi connectivity index (χ1) is 12.1. The smallest absolute Gasteiger partial charge is 0.414 e. The third-order valence-corrected chi connectivity index (χ3v) is 3.86. The number of nitro groups is 1. The Morgan fingerprint density at radius 3 is 2.08 bits per heavy atom. The summed E-state index contributed by atoms with van der Waals surface area (Å²) in [5.74, 6) is -1.72. The molecule has 4 rings (SSSR count). The molecule has 0 radical (unpaired) electrons. The van der Waals surface area contributed by atoms with Crippen molar-refractivity contribution in [3.05, 3.63) is 70.3 Å². The quantitative estimate of drug-likeness (QED) is 0.338. The molecule has 8 nitrogen and oxygen atoms in total. The van der Waals surface area contributed by atoms with Crippen LogP contribution in [0.15, 0.2) is 80.0 Å². The molecule has 0 spiro atoms. The van der Waals surface area contributed by atoms with E-state index in [1.54, 1.807) is 0 Å². The Bertz CT molecular complexity index is 767. The number of aliphatic imine (C=N–C) groups is 2. The van der Waals surface area contributed by atoms with Gasteiger partial charge in [0.2, 0.25) is 0 Å². The summed E-state index contributed by atoms with van der Waals surface area (Å²) < 4.78 is 0. The fourth-order valence-corrected chi connectivity index (χ4v) is 2.70. The molecule has 1 atom stereocenters. The first kappa shape index (κ1) is 19.6. The van der Waals surface area contributed by atoms with Gasteiger partial charge in [0.25, 0.3) is 0 Å². The fraction of sp³-hybridized carbons (Fsp3) is 0.235. The summed E-state index contributed by atoms with van der Waals surface area (Å²) in [5.41, 5.74) is 0.141. The summed E-state index contributed by atoms with van der Waals surface area (Å²) in [6.45, 7) is 0. The Hall–Kier alpha value is -2.77. The van der Waals surface area contributed by atoms with Gasteiger partial charge in [0.1, 0.15) is 5.54 Å². The van der Waals surface area contributed by atoms with E-state index >= 15 is 0 Å². The minimum atomic E-state index is -1.72. The molecule has 0 aliphatic carbocycles. The van der Waals surface area contributed by atoms with Gasteiger partial charge in [-0.3, -0.25) is 10.1 Å². The molecule has 140 valence electrons. The van der Waals surface area contributed by atoms with Crippen LogP contribution in [0.2, 0.25) is 0 Å². The Balaban J connectivity index is 0.000000351. The van der Waals surface area contributed by atoms with Crippen LogP contribution in [0.3, 0.4) is 0 Å². The van der Waals surface area contributed by atoms with Crippen molar-refractivity contribution in [3.63, 3.8) is 0 Å². The molecule has 2 aromatic carbocycles. The van der Waals surface area contributed by atoms with Gasteiger partial charge in [-0.05, 0) is 11.6 Å². The molecular weight excluding hydrogens is 376 g/mol. The van der Waals surface area contributed by atoms with Crippen molar-refractivity contribution in [1.82, 2.24) is 0 Å². The van der Waals surface area contributed by atoms with Crippen LogP contribution in [-0.2, 0) is 23.5 Å². The van der Waals surface area contributed by atoms with E-state index in [1.165, 1.54) is 18.6 Å². The van der Waals surface area contributed by atoms with Crippen molar-refractivity contribution in [1.29, 1.82) is 0 Å². The molecular formula is C17H16FeN6O2-6. The number of hydrogen-bond donors (Lipinski definition) is 0. The average Bonchev–Trinajstić information content (AvgIpc) is 3.39. The van der Waals surface area contributed by atoms with Gasteiger partial charge in [0.15, 0.2) is 0 Å². The van der Waals surface area contributed by atoms with Crippen LogP contribution in [0.4, 0.5) is 0 Å². The molecule has 0 aromatic heterocycles. The summed E-state index contributed by atoms with van der Waals surface area (Å²) in [6, 6.07) is 17.7. The predicted octanol–water partition coefficient (Wildman–Crippen LogP) is 3.02. The molecule has 0 amide bonds. The van der Waals surface area contributed by atoms with Crippen LogP contribution in [0.5, 0.6) is 0 Å². The molecule has 0 saturated heterocycles. The van der Waals surface area contributed by atoms with Gasteiger partial charge in [-0.1, -0.05) is 0 Å². The summed E-state index contributed by atoms with van der Waals surface area (Å²) in [7, 11) is 0. The predicted molar refractivity (Wildman–Crippen MR) is 95.2 cm³/mol. The van der Waals surface area contributed by atoms with Crippen molar-refractivity contribution in [2.75, 3.05) is 0 Å². The number of nitrogens with zero attached hydrogens (tertiary/aromatic N) is 6. The molecule has 2 aromatic rings. The van der Waals surface area contributed by atoms with Crippen molar-refractivity contribution in [3.8, 4) is 0 Å². The maximum atomic E-state index is 11.3. The van der Waals surface area contributed by atoms with E-state index in [-0.39, 0.29) is 23.5 Å². The van der Waals surface area contributed by atoms with Crippen molar-refractivity contribution < 1.29 is 22.0 Å². The van der Waals surface area contributed by atoms with Crippen molar-refractivity contribution in [2.45, 2.75) is 24.2 Å². The van der Waals surface area contributed by atoms with E-state index in [1.807, 2.05) is 54.6 Å². The number of hydrogen-bond acceptors (Lipinski definition) is 7.